The molecule has 0 fully saturated rings. The molecule has 1 amide bonds. The van der Waals surface area contributed by atoms with Gasteiger partial charge in [-0.25, -0.2) is 10.2 Å². The van der Waals surface area contributed by atoms with Crippen molar-refractivity contribution in [1.29, 1.82) is 0 Å². The molecule has 2 aromatic carbocycles. The maximum absolute atomic E-state index is 11.0. The Morgan fingerprint density at radius 2 is 1.67 bits per heavy atom. The Kier molecular flexibility index (Phi) is 5.35. The number of ether oxygens (including phenoxy) is 1. The standard InChI is InChI=1S/C17H20N2O2/c1-13(18-19-17(20)21-2)16-10-8-15(9-11-16)12-14-6-4-3-5-7-14/h3-11,13,18H,12H2,1-2H3,(H,19,20). The second-order valence-electron chi connectivity index (χ2n) is 4.89. The van der Waals surface area contributed by atoms with Crippen LogP contribution in [0.4, 0.5) is 4.79 Å². The number of methoxy groups -OCH3 is 1. The zero-order valence-electron chi connectivity index (χ0n) is 12.3. The normalized spacial score (nSPS) is 11.7. The van der Waals surface area contributed by atoms with Gasteiger partial charge in [-0.15, -0.1) is 0 Å². The Hall–Kier alpha value is -2.33. The van der Waals surface area contributed by atoms with Crippen LogP contribution in [-0.4, -0.2) is 13.2 Å². The number of rotatable bonds is 5. The zero-order chi connectivity index (χ0) is 15.1. The molecule has 2 N–H and O–H groups in total. The Labute approximate surface area is 125 Å². The van der Waals surface area contributed by atoms with Gasteiger partial charge in [-0.2, -0.15) is 0 Å². The van der Waals surface area contributed by atoms with E-state index in [1.165, 1.54) is 18.2 Å². The molecule has 2 aromatic rings. The summed E-state index contributed by atoms with van der Waals surface area (Å²) in [6.07, 6.45) is 0.422. The fourth-order valence-corrected chi connectivity index (χ4v) is 2.06. The molecule has 21 heavy (non-hydrogen) atoms. The van der Waals surface area contributed by atoms with Crippen molar-refractivity contribution >= 4 is 6.09 Å². The van der Waals surface area contributed by atoms with Crippen LogP contribution in [0.5, 0.6) is 0 Å². The van der Waals surface area contributed by atoms with Crippen LogP contribution in [0.2, 0.25) is 0 Å². The zero-order valence-corrected chi connectivity index (χ0v) is 12.3. The second-order valence-corrected chi connectivity index (χ2v) is 4.89. The van der Waals surface area contributed by atoms with Gasteiger partial charge in [0, 0.05) is 6.04 Å². The molecule has 4 heteroatoms. The molecule has 0 spiro atoms. The van der Waals surface area contributed by atoms with Crippen LogP contribution in [0.25, 0.3) is 0 Å². The van der Waals surface area contributed by atoms with E-state index < -0.39 is 6.09 Å². The van der Waals surface area contributed by atoms with Crippen molar-refractivity contribution in [1.82, 2.24) is 10.9 Å². The first-order chi connectivity index (χ1) is 10.2. The predicted molar refractivity (Wildman–Crippen MR) is 82.8 cm³/mol. The molecule has 1 unspecified atom stereocenters. The van der Waals surface area contributed by atoms with E-state index in [0.717, 1.165) is 12.0 Å². The van der Waals surface area contributed by atoms with Crippen LogP contribution < -0.4 is 10.9 Å². The minimum absolute atomic E-state index is 0.00914. The minimum atomic E-state index is -0.498. The molecule has 0 heterocycles. The molecule has 110 valence electrons. The lowest BCUT2D eigenvalue weighted by molar-refractivity contribution is 0.163. The second kappa shape index (κ2) is 7.45. The lowest BCUT2D eigenvalue weighted by Crippen LogP contribution is -2.38. The molecule has 0 aliphatic carbocycles. The summed E-state index contributed by atoms with van der Waals surface area (Å²) in [5, 5.41) is 0. The van der Waals surface area contributed by atoms with Crippen molar-refractivity contribution in [3.8, 4) is 0 Å². The third-order valence-corrected chi connectivity index (χ3v) is 3.31. The highest BCUT2D eigenvalue weighted by molar-refractivity contribution is 5.66. The van der Waals surface area contributed by atoms with Gasteiger partial charge in [0.1, 0.15) is 0 Å². The summed E-state index contributed by atoms with van der Waals surface area (Å²) in [6.45, 7) is 1.97. The molecule has 0 aliphatic rings. The van der Waals surface area contributed by atoms with Gasteiger partial charge in [0.05, 0.1) is 7.11 Å². The third-order valence-electron chi connectivity index (χ3n) is 3.31. The van der Waals surface area contributed by atoms with E-state index in [4.69, 9.17) is 0 Å². The van der Waals surface area contributed by atoms with Gasteiger partial charge in [-0.05, 0) is 30.0 Å². The summed E-state index contributed by atoms with van der Waals surface area (Å²) in [5.74, 6) is 0. The van der Waals surface area contributed by atoms with Gasteiger partial charge in [-0.1, -0.05) is 54.6 Å². The van der Waals surface area contributed by atoms with Gasteiger partial charge in [-0.3, -0.25) is 5.43 Å². The van der Waals surface area contributed by atoms with Crippen molar-refractivity contribution in [2.24, 2.45) is 0 Å². The van der Waals surface area contributed by atoms with Gasteiger partial charge in [0.15, 0.2) is 0 Å². The molecule has 0 radical (unpaired) electrons. The average molecular weight is 284 g/mol. The molecule has 1 atom stereocenters. The molecule has 4 nitrogen and oxygen atoms in total. The van der Waals surface area contributed by atoms with Crippen LogP contribution in [0, 0.1) is 0 Å². The summed E-state index contributed by atoms with van der Waals surface area (Å²) < 4.78 is 4.51. The third kappa shape index (κ3) is 4.61. The predicted octanol–water partition coefficient (Wildman–Crippen LogP) is 3.20. The minimum Gasteiger partial charge on any atom is -0.452 e. The van der Waals surface area contributed by atoms with E-state index in [0.29, 0.717) is 0 Å². The largest absolute Gasteiger partial charge is 0.452 e. The van der Waals surface area contributed by atoms with Crippen molar-refractivity contribution in [2.75, 3.05) is 7.11 Å². The van der Waals surface area contributed by atoms with Crippen LogP contribution >= 0.6 is 0 Å². The number of nitrogens with one attached hydrogen (secondary N) is 2. The maximum atomic E-state index is 11.0. The smallest absolute Gasteiger partial charge is 0.421 e. The Morgan fingerprint density at radius 3 is 2.29 bits per heavy atom. The fourth-order valence-electron chi connectivity index (χ4n) is 2.06. The van der Waals surface area contributed by atoms with E-state index >= 15 is 0 Å². The monoisotopic (exact) mass is 284 g/mol. The number of hydrazine groups is 1. The van der Waals surface area contributed by atoms with E-state index in [1.807, 2.05) is 25.1 Å². The number of hydrogen-bond donors (Lipinski definition) is 2. The molecule has 0 saturated heterocycles. The van der Waals surface area contributed by atoms with Crippen molar-refractivity contribution < 1.29 is 9.53 Å². The molecule has 0 aliphatic heterocycles. The summed E-state index contributed by atoms with van der Waals surface area (Å²) in [4.78, 5) is 11.0. The summed E-state index contributed by atoms with van der Waals surface area (Å²) >= 11 is 0. The van der Waals surface area contributed by atoms with E-state index in [2.05, 4.69) is 52.0 Å². The van der Waals surface area contributed by atoms with Crippen LogP contribution in [0.1, 0.15) is 29.7 Å². The molecule has 2 rings (SSSR count). The molecule has 0 aromatic heterocycles. The van der Waals surface area contributed by atoms with Crippen molar-refractivity contribution in [2.45, 2.75) is 19.4 Å². The van der Waals surface area contributed by atoms with Crippen molar-refractivity contribution in [3.05, 3.63) is 71.3 Å². The fraction of sp³-hybridized carbons (Fsp3) is 0.235. The van der Waals surface area contributed by atoms with Gasteiger partial charge >= 0.3 is 6.09 Å². The SMILES string of the molecule is COC(=O)NNC(C)c1ccc(Cc2ccccc2)cc1. The highest BCUT2D eigenvalue weighted by atomic mass is 16.5. The molecule has 0 saturated carbocycles. The van der Waals surface area contributed by atoms with Gasteiger partial charge in [0.25, 0.3) is 0 Å². The van der Waals surface area contributed by atoms with E-state index in [9.17, 15) is 4.79 Å². The lowest BCUT2D eigenvalue weighted by atomic mass is 10.0. The Bertz CT molecular complexity index is 567. The van der Waals surface area contributed by atoms with Crippen LogP contribution in [0.15, 0.2) is 54.6 Å². The topological polar surface area (TPSA) is 50.4 Å². The summed E-state index contributed by atoms with van der Waals surface area (Å²) in [5.41, 5.74) is 9.03. The summed E-state index contributed by atoms with van der Waals surface area (Å²) in [7, 11) is 1.33. The van der Waals surface area contributed by atoms with E-state index in [1.54, 1.807) is 0 Å². The highest BCUT2D eigenvalue weighted by Gasteiger charge is 2.06. The van der Waals surface area contributed by atoms with Crippen LogP contribution in [-0.2, 0) is 11.2 Å². The molecule has 0 bridgehead atoms. The Morgan fingerprint density at radius 1 is 1.05 bits per heavy atom. The molecular weight excluding hydrogens is 264 g/mol. The number of amides is 1. The average Bonchev–Trinajstić information content (AvgIpc) is 2.54. The quantitative estimate of drug-likeness (QED) is 0.829. The molecular formula is C17H20N2O2. The number of hydrogen-bond acceptors (Lipinski definition) is 3. The first-order valence-electron chi connectivity index (χ1n) is 6.91. The van der Waals surface area contributed by atoms with E-state index in [-0.39, 0.29) is 6.04 Å². The summed E-state index contributed by atoms with van der Waals surface area (Å²) in [6, 6.07) is 18.7. The lowest BCUT2D eigenvalue weighted by Gasteiger charge is -2.15. The highest BCUT2D eigenvalue weighted by Crippen LogP contribution is 2.15. The van der Waals surface area contributed by atoms with Crippen LogP contribution in [0.3, 0.4) is 0 Å². The number of benzene rings is 2. The van der Waals surface area contributed by atoms with Crippen molar-refractivity contribution in [3.63, 3.8) is 0 Å². The van der Waals surface area contributed by atoms with Gasteiger partial charge < -0.3 is 4.74 Å². The number of carbonyl (C=O) groups is 1. The Balaban J connectivity index is 1.93. The number of carbonyl (C=O) groups excluding carboxylic acids is 1. The maximum Gasteiger partial charge on any atom is 0.421 e. The first-order valence-corrected chi connectivity index (χ1v) is 6.91. The first kappa shape index (κ1) is 15.1. The van der Waals surface area contributed by atoms with Gasteiger partial charge in [0.2, 0.25) is 0 Å².